The van der Waals surface area contributed by atoms with Crippen molar-refractivity contribution in [2.75, 3.05) is 0 Å². The van der Waals surface area contributed by atoms with Crippen molar-refractivity contribution in [2.24, 2.45) is 0 Å². The number of aryl methyl sites for hydroxylation is 1. The zero-order valence-electron chi connectivity index (χ0n) is 10.6. The van der Waals surface area contributed by atoms with Crippen LogP contribution in [0.15, 0.2) is 35.6 Å². The first kappa shape index (κ1) is 14.1. The summed E-state index contributed by atoms with van der Waals surface area (Å²) in [5, 5.41) is 3.45. The van der Waals surface area contributed by atoms with Gasteiger partial charge in [0.1, 0.15) is 16.2 Å². The van der Waals surface area contributed by atoms with E-state index in [0.29, 0.717) is 10.0 Å². The molecule has 0 unspecified atom stereocenters. The Balaban J connectivity index is 1.86. The highest BCUT2D eigenvalue weighted by Crippen LogP contribution is 2.33. The van der Waals surface area contributed by atoms with Crippen LogP contribution in [0.3, 0.4) is 0 Å². The summed E-state index contributed by atoms with van der Waals surface area (Å²) in [7, 11) is 0. The van der Waals surface area contributed by atoms with Crippen LogP contribution in [0.4, 0.5) is 0 Å². The van der Waals surface area contributed by atoms with Gasteiger partial charge in [0.25, 0.3) is 0 Å². The summed E-state index contributed by atoms with van der Waals surface area (Å²) in [6.45, 7) is 2.08. The third-order valence-electron chi connectivity index (χ3n) is 2.80. The molecule has 0 saturated carbocycles. The van der Waals surface area contributed by atoms with Crippen molar-refractivity contribution in [1.82, 2.24) is 9.97 Å². The van der Waals surface area contributed by atoms with Crippen LogP contribution in [-0.4, -0.2) is 9.97 Å². The molecule has 0 spiro atoms. The maximum absolute atomic E-state index is 6.19. The molecule has 102 valence electrons. The number of nitrogens with zero attached hydrogens (tertiary/aromatic N) is 2. The van der Waals surface area contributed by atoms with Gasteiger partial charge in [-0.25, -0.2) is 9.97 Å². The third-order valence-corrected chi connectivity index (χ3v) is 5.40. The van der Waals surface area contributed by atoms with E-state index in [1.807, 2.05) is 12.1 Å². The fourth-order valence-electron chi connectivity index (χ4n) is 1.85. The van der Waals surface area contributed by atoms with Crippen molar-refractivity contribution in [3.63, 3.8) is 0 Å². The van der Waals surface area contributed by atoms with Gasteiger partial charge in [0.05, 0.1) is 0 Å². The van der Waals surface area contributed by atoms with Crippen molar-refractivity contribution < 1.29 is 0 Å². The number of hydrogen-bond donors (Lipinski definition) is 0. The number of halogens is 2. The van der Waals surface area contributed by atoms with Crippen molar-refractivity contribution in [2.45, 2.75) is 17.7 Å². The van der Waals surface area contributed by atoms with Crippen molar-refractivity contribution in [3.8, 4) is 0 Å². The lowest BCUT2D eigenvalue weighted by Crippen LogP contribution is -1.86. The molecule has 20 heavy (non-hydrogen) atoms. The third kappa shape index (κ3) is 2.93. The summed E-state index contributed by atoms with van der Waals surface area (Å²) in [6, 6.07) is 7.71. The second kappa shape index (κ2) is 5.90. The molecular formula is C14H10Cl2N2S2. The summed E-state index contributed by atoms with van der Waals surface area (Å²) in [4.78, 5) is 10.9. The van der Waals surface area contributed by atoms with Crippen LogP contribution in [-0.2, 0) is 5.75 Å². The number of hydrogen-bond acceptors (Lipinski definition) is 4. The lowest BCUT2D eigenvalue weighted by atomic mass is 10.2. The lowest BCUT2D eigenvalue weighted by molar-refractivity contribution is 1.11. The van der Waals surface area contributed by atoms with E-state index in [0.717, 1.165) is 26.6 Å². The van der Waals surface area contributed by atoms with E-state index in [1.54, 1.807) is 35.5 Å². The number of benzene rings is 1. The first-order valence-corrected chi connectivity index (χ1v) is 8.47. The predicted molar refractivity (Wildman–Crippen MR) is 88.2 cm³/mol. The molecular weight excluding hydrogens is 331 g/mol. The molecule has 2 aromatic heterocycles. The Labute approximate surface area is 135 Å². The number of fused-ring (bicyclic) bond motifs is 1. The quantitative estimate of drug-likeness (QED) is 0.458. The predicted octanol–water partition coefficient (Wildman–Crippen LogP) is 5.60. The van der Waals surface area contributed by atoms with Crippen LogP contribution in [0.2, 0.25) is 10.0 Å². The molecule has 0 N–H and O–H groups in total. The molecule has 2 nitrogen and oxygen atoms in total. The van der Waals surface area contributed by atoms with Gasteiger partial charge in [-0.15, -0.1) is 23.1 Å². The van der Waals surface area contributed by atoms with Gasteiger partial charge >= 0.3 is 0 Å². The zero-order valence-corrected chi connectivity index (χ0v) is 13.7. The Kier molecular flexibility index (Phi) is 4.17. The molecule has 0 amide bonds. The molecule has 3 rings (SSSR count). The second-order valence-electron chi connectivity index (χ2n) is 4.28. The first-order chi connectivity index (χ1) is 9.63. The monoisotopic (exact) mass is 340 g/mol. The second-order valence-corrected chi connectivity index (χ2v) is 7.32. The van der Waals surface area contributed by atoms with E-state index in [1.165, 1.54) is 4.88 Å². The molecule has 0 aliphatic rings. The van der Waals surface area contributed by atoms with Crippen LogP contribution in [0.25, 0.3) is 10.2 Å². The molecule has 0 atom stereocenters. The Morgan fingerprint density at radius 1 is 1.20 bits per heavy atom. The van der Waals surface area contributed by atoms with E-state index in [9.17, 15) is 0 Å². The Morgan fingerprint density at radius 2 is 2.05 bits per heavy atom. The smallest absolute Gasteiger partial charge is 0.128 e. The van der Waals surface area contributed by atoms with Crippen LogP contribution >= 0.6 is 46.3 Å². The number of thioether (sulfide) groups is 1. The summed E-state index contributed by atoms with van der Waals surface area (Å²) in [6.07, 6.45) is 1.62. The number of aromatic nitrogens is 2. The maximum Gasteiger partial charge on any atom is 0.128 e. The molecule has 0 fully saturated rings. The molecule has 0 aliphatic carbocycles. The average molecular weight is 341 g/mol. The fourth-order valence-corrected chi connectivity index (χ4v) is 4.30. The SMILES string of the molecule is Cc1cc2c(SCc3ccc(Cl)cc3Cl)ncnc2s1. The Morgan fingerprint density at radius 3 is 2.85 bits per heavy atom. The standard InChI is InChI=1S/C14H10Cl2N2S2/c1-8-4-11-13(17-7-18-14(11)20-8)19-6-9-2-3-10(15)5-12(9)16/h2-5,7H,6H2,1H3. The van der Waals surface area contributed by atoms with Gasteiger partial charge in [-0.3, -0.25) is 0 Å². The molecule has 0 saturated heterocycles. The molecule has 0 radical (unpaired) electrons. The lowest BCUT2D eigenvalue weighted by Gasteiger charge is -2.05. The minimum atomic E-state index is 0.654. The average Bonchev–Trinajstić information content (AvgIpc) is 2.78. The normalized spacial score (nSPS) is 11.2. The van der Waals surface area contributed by atoms with Crippen molar-refractivity contribution in [1.29, 1.82) is 0 Å². The van der Waals surface area contributed by atoms with Crippen molar-refractivity contribution in [3.05, 3.63) is 51.1 Å². The van der Waals surface area contributed by atoms with Crippen LogP contribution < -0.4 is 0 Å². The van der Waals surface area contributed by atoms with E-state index >= 15 is 0 Å². The van der Waals surface area contributed by atoms with Crippen LogP contribution in [0, 0.1) is 6.92 Å². The van der Waals surface area contributed by atoms with Crippen molar-refractivity contribution >= 4 is 56.5 Å². The summed E-state index contributed by atoms with van der Waals surface area (Å²) >= 11 is 15.4. The highest BCUT2D eigenvalue weighted by Gasteiger charge is 2.09. The molecule has 0 aliphatic heterocycles. The molecule has 2 heterocycles. The van der Waals surface area contributed by atoms with E-state index in [-0.39, 0.29) is 0 Å². The minimum Gasteiger partial charge on any atom is -0.229 e. The molecule has 3 aromatic rings. The minimum absolute atomic E-state index is 0.654. The Bertz CT molecular complexity index is 771. The van der Waals surface area contributed by atoms with E-state index in [4.69, 9.17) is 23.2 Å². The molecule has 0 bridgehead atoms. The van der Waals surface area contributed by atoms with Crippen LogP contribution in [0.1, 0.15) is 10.4 Å². The van der Waals surface area contributed by atoms with Crippen LogP contribution in [0.5, 0.6) is 0 Å². The summed E-state index contributed by atoms with van der Waals surface area (Å²) in [5.41, 5.74) is 1.06. The van der Waals surface area contributed by atoms with Gasteiger partial charge in [0.15, 0.2) is 0 Å². The van der Waals surface area contributed by atoms with Gasteiger partial charge in [0, 0.05) is 26.1 Å². The highest BCUT2D eigenvalue weighted by atomic mass is 35.5. The fraction of sp³-hybridized carbons (Fsp3) is 0.143. The largest absolute Gasteiger partial charge is 0.229 e. The zero-order chi connectivity index (χ0) is 14.1. The summed E-state index contributed by atoms with van der Waals surface area (Å²) in [5.74, 6) is 0.761. The highest BCUT2D eigenvalue weighted by molar-refractivity contribution is 7.98. The molecule has 1 aromatic carbocycles. The van der Waals surface area contributed by atoms with Gasteiger partial charge in [-0.2, -0.15) is 0 Å². The van der Waals surface area contributed by atoms with E-state index in [2.05, 4.69) is 23.0 Å². The van der Waals surface area contributed by atoms with Gasteiger partial charge in [-0.1, -0.05) is 29.3 Å². The maximum atomic E-state index is 6.19. The van der Waals surface area contributed by atoms with Gasteiger partial charge < -0.3 is 0 Å². The van der Waals surface area contributed by atoms with E-state index < -0.39 is 0 Å². The van der Waals surface area contributed by atoms with Gasteiger partial charge in [0.2, 0.25) is 0 Å². The number of thiophene rings is 1. The number of rotatable bonds is 3. The topological polar surface area (TPSA) is 25.8 Å². The first-order valence-electron chi connectivity index (χ1n) is 5.91. The van der Waals surface area contributed by atoms with Gasteiger partial charge in [-0.05, 0) is 30.7 Å². The Hall–Kier alpha value is -0.810. The molecule has 6 heteroatoms. The summed E-state index contributed by atoms with van der Waals surface area (Å²) < 4.78 is 0.